The van der Waals surface area contributed by atoms with E-state index in [0.717, 1.165) is 17.8 Å². The number of halogens is 1. The van der Waals surface area contributed by atoms with E-state index in [1.807, 2.05) is 20.8 Å². The first-order valence-electron chi connectivity index (χ1n) is 10.8. The van der Waals surface area contributed by atoms with E-state index in [0.29, 0.717) is 34.1 Å². The summed E-state index contributed by atoms with van der Waals surface area (Å²) < 4.78 is 14.6. The molecule has 10 heteroatoms. The lowest BCUT2D eigenvalue weighted by Crippen LogP contribution is -2.42. The van der Waals surface area contributed by atoms with Gasteiger partial charge in [0.2, 0.25) is 0 Å². The summed E-state index contributed by atoms with van der Waals surface area (Å²) in [5.41, 5.74) is 6.10. The van der Waals surface area contributed by atoms with Crippen LogP contribution in [-0.4, -0.2) is 27.0 Å². The van der Waals surface area contributed by atoms with Crippen LogP contribution in [0.1, 0.15) is 49.0 Å². The summed E-state index contributed by atoms with van der Waals surface area (Å²) in [7, 11) is 0. The number of nitrogens with zero attached hydrogens (tertiary/aromatic N) is 3. The van der Waals surface area contributed by atoms with E-state index < -0.39 is 17.2 Å². The van der Waals surface area contributed by atoms with Crippen LogP contribution in [0.5, 0.6) is 0 Å². The van der Waals surface area contributed by atoms with E-state index in [2.05, 4.69) is 9.97 Å². The van der Waals surface area contributed by atoms with Crippen LogP contribution in [-0.2, 0) is 6.54 Å². The Bertz CT molecular complexity index is 1260. The van der Waals surface area contributed by atoms with Gasteiger partial charge in [-0.3, -0.25) is 24.0 Å². The molecule has 8 nitrogen and oxygen atoms in total. The largest absolute Gasteiger partial charge is 0.383 e. The molecule has 0 unspecified atom stereocenters. The van der Waals surface area contributed by atoms with E-state index in [4.69, 9.17) is 5.73 Å². The van der Waals surface area contributed by atoms with Crippen LogP contribution in [0.15, 0.2) is 33.9 Å². The highest BCUT2D eigenvalue weighted by atomic mass is 32.1. The Morgan fingerprint density at radius 3 is 2.55 bits per heavy atom. The van der Waals surface area contributed by atoms with Gasteiger partial charge < -0.3 is 5.73 Å². The van der Waals surface area contributed by atoms with Gasteiger partial charge in [0, 0.05) is 18.7 Å². The molecule has 3 rings (SSSR count). The minimum absolute atomic E-state index is 0.0218. The summed E-state index contributed by atoms with van der Waals surface area (Å²) in [4.78, 5) is 47.2. The number of aromatic amines is 1. The lowest BCUT2D eigenvalue weighted by atomic mass is 10.2. The van der Waals surface area contributed by atoms with E-state index in [1.165, 1.54) is 21.6 Å². The van der Waals surface area contributed by atoms with E-state index in [1.54, 1.807) is 19.1 Å². The summed E-state index contributed by atoms with van der Waals surface area (Å²) in [5.74, 6) is -0.801. The predicted octanol–water partition coefficient (Wildman–Crippen LogP) is 3.79. The molecule has 3 N–H and O–H groups in total. The fourth-order valence-electron chi connectivity index (χ4n) is 3.45. The summed E-state index contributed by atoms with van der Waals surface area (Å²) in [6.07, 6.45) is 1.53. The number of hydrogen-bond donors (Lipinski definition) is 2. The molecule has 0 aliphatic rings. The highest BCUT2D eigenvalue weighted by molar-refractivity contribution is 7.17. The number of nitrogens with two attached hydrogens (primary N) is 1. The zero-order valence-electron chi connectivity index (χ0n) is 19.1. The van der Waals surface area contributed by atoms with Crippen LogP contribution < -0.4 is 21.9 Å². The second kappa shape index (κ2) is 10.1. The van der Waals surface area contributed by atoms with Crippen molar-refractivity contribution in [1.29, 1.82) is 0 Å². The number of thiazole rings is 1. The molecule has 3 aromatic rings. The maximum Gasteiger partial charge on any atom is 0.330 e. The van der Waals surface area contributed by atoms with Gasteiger partial charge in [0.1, 0.15) is 21.5 Å². The fraction of sp³-hybridized carbons (Fsp3) is 0.391. The molecule has 0 saturated carbocycles. The normalized spacial score (nSPS) is 11.2. The van der Waals surface area contributed by atoms with Crippen LogP contribution in [0, 0.1) is 18.7 Å². The molecule has 0 aliphatic heterocycles. The molecule has 0 fully saturated rings. The number of benzene rings is 1. The molecule has 33 heavy (non-hydrogen) atoms. The summed E-state index contributed by atoms with van der Waals surface area (Å²) in [6.45, 7) is 8.08. The number of H-pyrrole nitrogens is 1. The van der Waals surface area contributed by atoms with Gasteiger partial charge in [0.05, 0.1) is 5.69 Å². The average Bonchev–Trinajstić information content (AvgIpc) is 3.14. The number of rotatable bonds is 8. The number of nitrogens with one attached hydrogen (secondary N) is 1. The molecule has 0 saturated heterocycles. The van der Waals surface area contributed by atoms with Crippen molar-refractivity contribution in [2.24, 2.45) is 5.92 Å². The number of carbonyl (C=O) groups excluding carboxylic acids is 1. The Morgan fingerprint density at radius 2 is 1.94 bits per heavy atom. The van der Waals surface area contributed by atoms with Gasteiger partial charge in [-0.2, -0.15) is 0 Å². The number of hydrogen-bond acceptors (Lipinski definition) is 6. The molecule has 1 amide bonds. The van der Waals surface area contributed by atoms with E-state index in [9.17, 15) is 18.8 Å². The van der Waals surface area contributed by atoms with E-state index >= 15 is 0 Å². The van der Waals surface area contributed by atoms with Crippen LogP contribution in [0.25, 0.3) is 10.6 Å². The smallest absolute Gasteiger partial charge is 0.330 e. The summed E-state index contributed by atoms with van der Waals surface area (Å²) in [5, 5.41) is 0.565. The first kappa shape index (κ1) is 24.4. The number of nitrogen functional groups attached to an aromatic ring is 1. The standard InChI is InChI=1S/C23H28FN5O3S/c1-5-6-11-28-19(25)17(20(30)27-23(28)32)29(12-13(2)3)22(31)18-14(4)26-21(33-18)15-7-9-16(24)10-8-15/h7-10,13H,5-6,11-12,25H2,1-4H3,(H,27,30,32). The predicted molar refractivity (Wildman–Crippen MR) is 129 cm³/mol. The summed E-state index contributed by atoms with van der Waals surface area (Å²) in [6, 6.07) is 5.86. The van der Waals surface area contributed by atoms with Crippen molar-refractivity contribution in [2.75, 3.05) is 17.2 Å². The summed E-state index contributed by atoms with van der Waals surface area (Å²) >= 11 is 1.16. The zero-order chi connectivity index (χ0) is 24.3. The van der Waals surface area contributed by atoms with Gasteiger partial charge in [-0.15, -0.1) is 11.3 Å². The Kier molecular flexibility index (Phi) is 7.47. The van der Waals surface area contributed by atoms with Crippen LogP contribution >= 0.6 is 11.3 Å². The molecule has 1 aromatic carbocycles. The zero-order valence-corrected chi connectivity index (χ0v) is 20.0. The van der Waals surface area contributed by atoms with Crippen molar-refractivity contribution in [1.82, 2.24) is 14.5 Å². The molecule has 0 atom stereocenters. The number of aryl methyl sites for hydroxylation is 1. The third-order valence-electron chi connectivity index (χ3n) is 5.09. The van der Waals surface area contributed by atoms with Crippen molar-refractivity contribution in [3.05, 3.63) is 61.5 Å². The molecule has 0 spiro atoms. The topological polar surface area (TPSA) is 114 Å². The number of aromatic nitrogens is 3. The van der Waals surface area contributed by atoms with Crippen LogP contribution in [0.4, 0.5) is 15.9 Å². The molecule has 0 bridgehead atoms. The lowest BCUT2D eigenvalue weighted by molar-refractivity contribution is 0.0986. The monoisotopic (exact) mass is 473 g/mol. The maximum absolute atomic E-state index is 13.7. The molecule has 0 radical (unpaired) electrons. The second-order valence-corrected chi connectivity index (χ2v) is 9.25. The minimum atomic E-state index is -0.708. The number of anilines is 2. The van der Waals surface area contributed by atoms with Gasteiger partial charge in [-0.25, -0.2) is 14.2 Å². The van der Waals surface area contributed by atoms with Gasteiger partial charge >= 0.3 is 5.69 Å². The van der Waals surface area contributed by atoms with Gasteiger partial charge in [0.25, 0.3) is 11.5 Å². The van der Waals surface area contributed by atoms with E-state index in [-0.39, 0.29) is 29.8 Å². The molecular weight excluding hydrogens is 445 g/mol. The number of unbranched alkanes of at least 4 members (excludes halogenated alkanes) is 1. The van der Waals surface area contributed by atoms with Crippen LogP contribution in [0.3, 0.4) is 0 Å². The Labute approximate surface area is 194 Å². The molecule has 176 valence electrons. The molecule has 0 aliphatic carbocycles. The van der Waals surface area contributed by atoms with Crippen molar-refractivity contribution >= 4 is 28.7 Å². The Hall–Kier alpha value is -3.27. The van der Waals surface area contributed by atoms with Crippen LogP contribution in [0.2, 0.25) is 0 Å². The molecule has 2 aromatic heterocycles. The highest BCUT2D eigenvalue weighted by Gasteiger charge is 2.29. The first-order chi connectivity index (χ1) is 15.6. The minimum Gasteiger partial charge on any atom is -0.383 e. The van der Waals surface area contributed by atoms with Gasteiger partial charge in [0.15, 0.2) is 5.69 Å². The van der Waals surface area contributed by atoms with Gasteiger partial charge in [-0.05, 0) is 43.5 Å². The van der Waals surface area contributed by atoms with Crippen molar-refractivity contribution < 1.29 is 9.18 Å². The van der Waals surface area contributed by atoms with Crippen molar-refractivity contribution in [3.63, 3.8) is 0 Å². The molecular formula is C23H28FN5O3S. The van der Waals surface area contributed by atoms with Crippen molar-refractivity contribution in [3.8, 4) is 10.6 Å². The van der Waals surface area contributed by atoms with Crippen molar-refractivity contribution in [2.45, 2.75) is 47.1 Å². The molecule has 2 heterocycles. The lowest BCUT2D eigenvalue weighted by Gasteiger charge is -2.25. The maximum atomic E-state index is 13.7. The third kappa shape index (κ3) is 5.22. The van der Waals surface area contributed by atoms with Gasteiger partial charge in [-0.1, -0.05) is 27.2 Å². The number of carbonyl (C=O) groups is 1. The fourth-order valence-corrected chi connectivity index (χ4v) is 4.47. The third-order valence-corrected chi connectivity index (χ3v) is 6.29. The number of amides is 1. The first-order valence-corrected chi connectivity index (χ1v) is 11.6. The average molecular weight is 474 g/mol. The Morgan fingerprint density at radius 1 is 1.27 bits per heavy atom. The Balaban J connectivity index is 2.10. The highest BCUT2D eigenvalue weighted by Crippen LogP contribution is 2.31. The SMILES string of the molecule is CCCCn1c(N)c(N(CC(C)C)C(=O)c2sc(-c3ccc(F)cc3)nc2C)c(=O)[nH]c1=O. The quantitative estimate of drug-likeness (QED) is 0.517. The second-order valence-electron chi connectivity index (χ2n) is 8.25.